The van der Waals surface area contributed by atoms with Gasteiger partial charge in [-0.05, 0) is 168 Å². The second kappa shape index (κ2) is 33.4. The Hall–Kier alpha value is -20.8. The first kappa shape index (κ1) is 84.1. The molecule has 0 aliphatic heterocycles. The summed E-state index contributed by atoms with van der Waals surface area (Å²) in [5.74, 6) is 0. The Balaban J connectivity index is 0.000000140. The van der Waals surface area contributed by atoms with Crippen molar-refractivity contribution in [3.8, 4) is 56.6 Å². The lowest BCUT2D eigenvalue weighted by Crippen LogP contribution is -2.11. The third-order valence-corrected chi connectivity index (χ3v) is 30.3. The first-order chi connectivity index (χ1) is 73.4. The number of hydrogen-bond donors (Lipinski definition) is 0. The molecule has 0 fully saturated rings. The zero-order valence-electron chi connectivity index (χ0n) is 79.6. The number of nitrogens with zero attached hydrogens (tertiary/aromatic N) is 12. The van der Waals surface area contributed by atoms with Crippen LogP contribution in [-0.4, -0.2) is 17.6 Å². The molecule has 12 nitrogen and oxygen atoms in total. The van der Waals surface area contributed by atoms with Gasteiger partial charge in [-0.3, -0.25) is 0 Å². The topological polar surface area (TPSA) is 86.9 Å². The van der Waals surface area contributed by atoms with Crippen molar-refractivity contribution in [2.75, 3.05) is 19.6 Å². The summed E-state index contributed by atoms with van der Waals surface area (Å²) >= 11 is 0. The largest absolute Gasteiger partial charge is 0.320 e. The minimum atomic E-state index is 0.585. The van der Waals surface area contributed by atoms with Gasteiger partial charge in [0.1, 0.15) is 6.07 Å². The minimum Gasteiger partial charge on any atom is -0.320 e. The van der Waals surface area contributed by atoms with E-state index in [4.69, 9.17) is 13.1 Å². The molecule has 684 valence electrons. The summed E-state index contributed by atoms with van der Waals surface area (Å²) in [5.41, 5.74) is 36.8. The Morgan fingerprint density at radius 3 is 0.784 bits per heavy atom. The van der Waals surface area contributed by atoms with Gasteiger partial charge in [0.2, 0.25) is 5.69 Å². The van der Waals surface area contributed by atoms with Crippen LogP contribution in [0.25, 0.3) is 207 Å². The molecule has 148 heavy (non-hydrogen) atoms. The Bertz CT molecular complexity index is 10200. The van der Waals surface area contributed by atoms with Gasteiger partial charge in [-0.15, -0.1) is 0 Å². The molecular formula is C136H80N12. The standard InChI is InChI=1S/2C68H40N6/c1-70-46-25-15-31-50(41-46)72(48-28-12-5-13-29-48)56-37-19-39-58-62(56)52-33-17-35-54-64-59(44-21-6-2-7-22-44)67-63(60(45-23-8-3-9-24-45)68(64)74(58)66(52)54)53-34-16-32-51-61-55(36-18-38-57(61)73(67)65(51)53)71(47-26-10-4-11-27-47)49-30-14-20-43(40-49)42-69;1-70-52-35-15-17-37-54(52)72(47-29-12-5-13-30-47)56-39-21-41-58-62(56)49-32-19-34-51-64-59(43-22-6-2-7-23-43)67-63(60(44-24-8-3-9-25-44)68(64)74(58)66(49)51)50-33-18-31-48-61-55(38-20-40-57(61)73(67)65(48)50)71(46-27-10-4-11-28-46)53-36-16-14-26-45(53)42-69/h2*2-41H. The summed E-state index contributed by atoms with van der Waals surface area (Å²) in [6.07, 6.45) is 0. The average Bonchev–Trinajstić information content (AvgIpc) is 1.49. The van der Waals surface area contributed by atoms with Crippen molar-refractivity contribution >= 4 is 232 Å². The van der Waals surface area contributed by atoms with Gasteiger partial charge in [0, 0.05) is 143 Å². The fourth-order valence-corrected chi connectivity index (χ4v) is 24.7. The highest BCUT2D eigenvalue weighted by Gasteiger charge is 2.37. The number of fused-ring (bicyclic) bond motifs is 24. The highest BCUT2D eigenvalue weighted by molar-refractivity contribution is 6.42. The quantitative estimate of drug-likeness (QED) is 0.0896. The summed E-state index contributed by atoms with van der Waals surface area (Å²) < 4.78 is 10.2. The van der Waals surface area contributed by atoms with E-state index in [1.54, 1.807) is 0 Å². The van der Waals surface area contributed by atoms with E-state index in [1.807, 2.05) is 103 Å². The predicted octanol–water partition coefficient (Wildman–Crippen LogP) is 37.4. The molecule has 0 amide bonds. The summed E-state index contributed by atoms with van der Waals surface area (Å²) in [5, 5.41) is 39.2. The minimum absolute atomic E-state index is 0.585. The molecular weight excluding hydrogens is 1800 g/mol. The van der Waals surface area contributed by atoms with Crippen LogP contribution in [0.3, 0.4) is 0 Å². The van der Waals surface area contributed by atoms with Crippen LogP contribution in [0.1, 0.15) is 11.1 Å². The van der Waals surface area contributed by atoms with Crippen LogP contribution in [0, 0.1) is 35.8 Å². The predicted molar refractivity (Wildman–Crippen MR) is 614 cm³/mol. The maximum Gasteiger partial charge on any atom is 0.210 e. The van der Waals surface area contributed by atoms with Gasteiger partial charge in [-0.2, -0.15) is 10.5 Å². The van der Waals surface area contributed by atoms with E-state index in [0.29, 0.717) is 22.5 Å². The first-order valence-corrected chi connectivity index (χ1v) is 49.7. The Kier molecular flexibility index (Phi) is 19.0. The van der Waals surface area contributed by atoms with Crippen molar-refractivity contribution in [2.45, 2.75) is 0 Å². The van der Waals surface area contributed by atoms with Crippen LogP contribution in [-0.2, 0) is 0 Å². The van der Waals surface area contributed by atoms with E-state index < -0.39 is 0 Å². The maximum absolute atomic E-state index is 10.6. The van der Waals surface area contributed by atoms with Crippen LogP contribution in [0.15, 0.2) is 485 Å². The molecule has 0 aliphatic rings. The van der Waals surface area contributed by atoms with Crippen LogP contribution >= 0.6 is 0 Å². The van der Waals surface area contributed by atoms with Crippen molar-refractivity contribution in [1.29, 1.82) is 10.5 Å². The molecule has 12 heteroatoms. The molecule has 0 spiro atoms. The SMILES string of the molecule is [C-]#[N+]c1cccc(N(c2ccccc2)c2cccc3c2c2cccc4c5c(-c6ccccc6)c6c(c(-c7ccccc7)c5n3c24)c2cccc3c4c(N(c5ccccc5)c5cccc(C#N)c5)cccc4n6c32)c1.[C-]#[N+]c1ccccc1N(c1ccccc1)c1cccc2c1c1cccc3c4c(-c5ccccc5)c5c(c(-c6ccccc6)c4n2c13)c1cccc2c3c(N(c4ccccc4)c4ccccc4C#N)cccc3n5c21. The average molecular weight is 1880 g/mol. The molecule has 0 saturated carbocycles. The third-order valence-electron chi connectivity index (χ3n) is 30.3. The van der Waals surface area contributed by atoms with E-state index in [-0.39, 0.29) is 0 Å². The molecule has 30 rings (SSSR count). The fraction of sp³-hybridized carbons (Fsp3) is 0. The third kappa shape index (κ3) is 12.2. The van der Waals surface area contributed by atoms with E-state index in [2.05, 4.69) is 441 Å². The number of aromatic nitrogens is 4. The number of para-hydroxylation sites is 11. The molecule has 0 N–H and O–H groups in total. The summed E-state index contributed by atoms with van der Waals surface area (Å²) in [6, 6.07) is 176. The van der Waals surface area contributed by atoms with Crippen LogP contribution < -0.4 is 19.6 Å². The number of hydrogen-bond acceptors (Lipinski definition) is 6. The number of nitriles is 2. The zero-order chi connectivity index (χ0) is 98.0. The van der Waals surface area contributed by atoms with Gasteiger partial charge in [0.25, 0.3) is 0 Å². The van der Waals surface area contributed by atoms with Gasteiger partial charge >= 0.3 is 0 Å². The van der Waals surface area contributed by atoms with Crippen molar-refractivity contribution in [1.82, 2.24) is 17.6 Å². The van der Waals surface area contributed by atoms with Gasteiger partial charge in [-0.1, -0.05) is 340 Å². The lowest BCUT2D eigenvalue weighted by Gasteiger charge is -2.27. The fourth-order valence-electron chi connectivity index (χ4n) is 24.7. The van der Waals surface area contributed by atoms with E-state index in [0.717, 1.165) is 194 Å². The Labute approximate surface area is 849 Å². The van der Waals surface area contributed by atoms with Crippen molar-refractivity contribution in [2.24, 2.45) is 0 Å². The van der Waals surface area contributed by atoms with Crippen LogP contribution in [0.2, 0.25) is 0 Å². The highest BCUT2D eigenvalue weighted by atomic mass is 15.2. The van der Waals surface area contributed by atoms with Gasteiger partial charge in [-0.25, -0.2) is 9.69 Å². The number of benzene rings is 22. The van der Waals surface area contributed by atoms with E-state index in [1.165, 1.54) is 71.0 Å². The van der Waals surface area contributed by atoms with Crippen molar-refractivity contribution in [3.05, 3.63) is 519 Å². The van der Waals surface area contributed by atoms with Crippen LogP contribution in [0.5, 0.6) is 0 Å². The molecule has 8 heterocycles. The molecule has 8 aromatic heterocycles. The van der Waals surface area contributed by atoms with Crippen molar-refractivity contribution in [3.63, 3.8) is 0 Å². The molecule has 0 aliphatic carbocycles. The second-order valence-corrected chi connectivity index (χ2v) is 37.9. The molecule has 22 aromatic carbocycles. The van der Waals surface area contributed by atoms with Crippen LogP contribution in [0.4, 0.5) is 79.6 Å². The van der Waals surface area contributed by atoms with Gasteiger partial charge in [0.15, 0.2) is 5.69 Å². The first-order valence-electron chi connectivity index (χ1n) is 49.7. The normalized spacial score (nSPS) is 11.8. The van der Waals surface area contributed by atoms with Crippen molar-refractivity contribution < 1.29 is 0 Å². The van der Waals surface area contributed by atoms with Gasteiger partial charge in [0.05, 0.1) is 131 Å². The van der Waals surface area contributed by atoms with E-state index in [9.17, 15) is 10.5 Å². The lowest BCUT2D eigenvalue weighted by molar-refractivity contribution is 1.28. The zero-order valence-corrected chi connectivity index (χ0v) is 79.6. The summed E-state index contributed by atoms with van der Waals surface area (Å²) in [7, 11) is 0. The molecule has 0 saturated heterocycles. The second-order valence-electron chi connectivity index (χ2n) is 37.9. The lowest BCUT2D eigenvalue weighted by atomic mass is 9.89. The van der Waals surface area contributed by atoms with E-state index >= 15 is 0 Å². The number of anilines is 12. The highest BCUT2D eigenvalue weighted by Crippen LogP contribution is 2.61. The van der Waals surface area contributed by atoms with Gasteiger partial charge < -0.3 is 37.2 Å². The molecule has 0 bridgehead atoms. The maximum atomic E-state index is 10.6. The molecule has 30 aromatic rings. The smallest absolute Gasteiger partial charge is 0.210 e. The monoisotopic (exact) mass is 1880 g/mol. The summed E-state index contributed by atoms with van der Waals surface area (Å²) in [4.78, 5) is 17.0. The number of rotatable bonds is 16. The Morgan fingerprint density at radius 2 is 0.453 bits per heavy atom. The Morgan fingerprint density at radius 1 is 0.196 bits per heavy atom. The molecule has 0 radical (unpaired) electrons. The molecule has 0 unspecified atom stereocenters. The summed E-state index contributed by atoms with van der Waals surface area (Å²) in [6.45, 7) is 16.3. The molecule has 0 atom stereocenters.